The summed E-state index contributed by atoms with van der Waals surface area (Å²) in [6.45, 7) is 8.30. The van der Waals surface area contributed by atoms with Crippen molar-refractivity contribution < 1.29 is 13.2 Å². The molecule has 1 aromatic heterocycles. The molecular formula is C36H47N7O3S. The highest BCUT2D eigenvalue weighted by molar-refractivity contribution is 7.89. The zero-order valence-corrected chi connectivity index (χ0v) is 28.3. The third kappa shape index (κ3) is 7.33. The van der Waals surface area contributed by atoms with Crippen LogP contribution in [0.4, 0.5) is 23.0 Å². The lowest BCUT2D eigenvalue weighted by Gasteiger charge is -2.42. The van der Waals surface area contributed by atoms with Crippen LogP contribution in [0.15, 0.2) is 71.6 Å². The number of hydrogen-bond acceptors (Lipinski definition) is 8. The smallest absolute Gasteiger partial charge is 0.249 e. The summed E-state index contributed by atoms with van der Waals surface area (Å²) in [4.78, 5) is 27.1. The van der Waals surface area contributed by atoms with E-state index >= 15 is 0 Å². The summed E-state index contributed by atoms with van der Waals surface area (Å²) in [5.41, 5.74) is 2.46. The molecule has 2 N–H and O–H groups in total. The van der Waals surface area contributed by atoms with E-state index in [1.165, 1.54) is 19.4 Å². The van der Waals surface area contributed by atoms with Crippen LogP contribution in [0, 0.1) is 5.92 Å². The Labute approximate surface area is 279 Å². The first-order chi connectivity index (χ1) is 22.7. The van der Waals surface area contributed by atoms with E-state index in [2.05, 4.69) is 19.8 Å². The zero-order chi connectivity index (χ0) is 32.5. The van der Waals surface area contributed by atoms with Crippen LogP contribution in [-0.2, 0) is 21.4 Å². The highest BCUT2D eigenvalue weighted by atomic mass is 32.2. The molecule has 7 rings (SSSR count). The lowest BCUT2D eigenvalue weighted by Crippen LogP contribution is -2.52. The number of carbonyl (C=O) groups is 1. The third-order valence-electron chi connectivity index (χ3n) is 10.4. The number of pyridine rings is 1. The highest BCUT2D eigenvalue weighted by Crippen LogP contribution is 2.37. The molecule has 1 atom stereocenters. The Kier molecular flexibility index (Phi) is 9.24. The molecule has 11 heteroatoms. The van der Waals surface area contributed by atoms with Crippen LogP contribution in [0.2, 0.25) is 0 Å². The molecule has 3 fully saturated rings. The molecule has 4 aliphatic rings. The predicted octanol–water partition coefficient (Wildman–Crippen LogP) is 4.81. The van der Waals surface area contributed by atoms with Crippen molar-refractivity contribution in [3.8, 4) is 0 Å². The van der Waals surface area contributed by atoms with Gasteiger partial charge in [0.2, 0.25) is 15.9 Å². The van der Waals surface area contributed by atoms with E-state index in [0.29, 0.717) is 29.9 Å². The normalized spacial score (nSPS) is 24.3. The molecule has 1 saturated heterocycles. The largest absolute Gasteiger partial charge is 0.340 e. The van der Waals surface area contributed by atoms with Gasteiger partial charge in [-0.1, -0.05) is 36.4 Å². The predicted molar refractivity (Wildman–Crippen MR) is 187 cm³/mol. The Bertz CT molecular complexity index is 1670. The number of benzene rings is 2. The van der Waals surface area contributed by atoms with Gasteiger partial charge in [0.25, 0.3) is 0 Å². The fourth-order valence-electron chi connectivity index (χ4n) is 7.40. The Balaban J connectivity index is 0.985. The van der Waals surface area contributed by atoms with Crippen molar-refractivity contribution in [2.45, 2.75) is 75.0 Å². The molecule has 0 radical (unpaired) electrons. The van der Waals surface area contributed by atoms with E-state index in [-0.39, 0.29) is 22.9 Å². The van der Waals surface area contributed by atoms with Crippen LogP contribution in [0.5, 0.6) is 0 Å². The van der Waals surface area contributed by atoms with E-state index in [0.717, 1.165) is 69.0 Å². The van der Waals surface area contributed by atoms with Crippen molar-refractivity contribution in [1.29, 1.82) is 0 Å². The van der Waals surface area contributed by atoms with Crippen molar-refractivity contribution in [1.82, 2.24) is 19.5 Å². The third-order valence-corrected chi connectivity index (χ3v) is 11.9. The molecule has 2 aliphatic heterocycles. The number of fused-ring (bicyclic) bond motifs is 1. The Morgan fingerprint density at radius 2 is 1.62 bits per heavy atom. The first-order valence-corrected chi connectivity index (χ1v) is 18.7. The summed E-state index contributed by atoms with van der Waals surface area (Å²) in [6.07, 6.45) is 6.59. The summed E-state index contributed by atoms with van der Waals surface area (Å²) in [5, 5.41) is 3.31. The second kappa shape index (κ2) is 13.5. The van der Waals surface area contributed by atoms with Crippen LogP contribution in [0.25, 0.3) is 0 Å². The second-order valence-corrected chi connectivity index (χ2v) is 15.5. The number of carbonyl (C=O) groups excluding carboxylic acids is 1. The van der Waals surface area contributed by atoms with E-state index < -0.39 is 10.0 Å². The fourth-order valence-corrected chi connectivity index (χ4v) is 8.75. The van der Waals surface area contributed by atoms with Crippen LogP contribution in [-0.4, -0.2) is 87.0 Å². The zero-order valence-electron chi connectivity index (χ0n) is 27.5. The SMILES string of the molecule is C[C@@H]1C(=O)N(C)c2ccc(Nc3cccc(S(=O)(=O)NC4CCC(N5CCN(CC6CC6)CC5)CC4)c3)nc2N1Cc1ccccc1. The minimum absolute atomic E-state index is 0.0109. The standard InChI is InChI=1S/C36H47N7O3S/c1-26-36(44)40(2)33-17-18-34(38-35(33)43(26)25-27-7-4-3-5-8-27)37-30-9-6-10-32(23-30)47(45,46)39-29-13-15-31(16-14-29)42-21-19-41(20-22-42)24-28-11-12-28/h3-10,17-18,23,26,28-29,31,39H,11-16,19-22,24-25H2,1-2H3,(H,37,38)/t26-,29?,31?/m1/s1. The summed E-state index contributed by atoms with van der Waals surface area (Å²) in [6, 6.07) is 20.8. The van der Waals surface area contributed by atoms with Gasteiger partial charge in [-0.2, -0.15) is 0 Å². The number of aromatic nitrogens is 1. The number of likely N-dealkylation sites (N-methyl/N-ethyl adjacent to an activating group) is 1. The van der Waals surface area contributed by atoms with E-state index in [1.807, 2.05) is 60.4 Å². The molecule has 2 aromatic carbocycles. The van der Waals surface area contributed by atoms with Gasteiger partial charge in [0.15, 0.2) is 5.82 Å². The number of rotatable bonds is 10. The van der Waals surface area contributed by atoms with Crippen molar-refractivity contribution in [3.63, 3.8) is 0 Å². The minimum atomic E-state index is -3.69. The van der Waals surface area contributed by atoms with Gasteiger partial charge in [-0.15, -0.1) is 0 Å². The highest BCUT2D eigenvalue weighted by Gasteiger charge is 2.35. The first kappa shape index (κ1) is 32.1. The lowest BCUT2D eigenvalue weighted by molar-refractivity contribution is -0.119. The maximum atomic E-state index is 13.5. The van der Waals surface area contributed by atoms with Gasteiger partial charge in [-0.3, -0.25) is 9.69 Å². The molecule has 250 valence electrons. The molecule has 0 spiro atoms. The number of nitrogens with zero attached hydrogens (tertiary/aromatic N) is 5. The molecule has 3 aromatic rings. The number of hydrogen-bond donors (Lipinski definition) is 2. The van der Waals surface area contributed by atoms with Crippen LogP contribution >= 0.6 is 0 Å². The van der Waals surface area contributed by atoms with Gasteiger partial charge in [0, 0.05) is 64.1 Å². The van der Waals surface area contributed by atoms with Gasteiger partial charge >= 0.3 is 0 Å². The number of amides is 1. The number of anilines is 4. The molecule has 3 heterocycles. The van der Waals surface area contributed by atoms with Crippen molar-refractivity contribution in [3.05, 3.63) is 72.3 Å². The topological polar surface area (TPSA) is 101 Å². The van der Waals surface area contributed by atoms with Gasteiger partial charge < -0.3 is 20.0 Å². The van der Waals surface area contributed by atoms with Crippen molar-refractivity contribution in [2.75, 3.05) is 54.9 Å². The monoisotopic (exact) mass is 657 g/mol. The Morgan fingerprint density at radius 1 is 0.872 bits per heavy atom. The summed E-state index contributed by atoms with van der Waals surface area (Å²) >= 11 is 0. The minimum Gasteiger partial charge on any atom is -0.340 e. The average molecular weight is 658 g/mol. The molecule has 0 unspecified atom stereocenters. The Morgan fingerprint density at radius 3 is 2.34 bits per heavy atom. The van der Waals surface area contributed by atoms with E-state index in [4.69, 9.17) is 4.98 Å². The number of sulfonamides is 1. The molecule has 10 nitrogen and oxygen atoms in total. The first-order valence-electron chi connectivity index (χ1n) is 17.2. The quantitative estimate of drug-likeness (QED) is 0.321. The summed E-state index contributed by atoms with van der Waals surface area (Å²) < 4.78 is 30.0. The van der Waals surface area contributed by atoms with Crippen molar-refractivity contribution >= 4 is 38.9 Å². The fraction of sp³-hybridized carbons (Fsp3) is 0.500. The second-order valence-electron chi connectivity index (χ2n) is 13.8. The molecule has 1 amide bonds. The van der Waals surface area contributed by atoms with Gasteiger partial charge in [-0.25, -0.2) is 18.1 Å². The van der Waals surface area contributed by atoms with E-state index in [1.54, 1.807) is 30.1 Å². The van der Waals surface area contributed by atoms with Crippen LogP contribution in [0.1, 0.15) is 51.0 Å². The van der Waals surface area contributed by atoms with Crippen molar-refractivity contribution in [2.24, 2.45) is 5.92 Å². The van der Waals surface area contributed by atoms with E-state index in [9.17, 15) is 13.2 Å². The van der Waals surface area contributed by atoms with Gasteiger partial charge in [0.1, 0.15) is 11.9 Å². The van der Waals surface area contributed by atoms with Crippen LogP contribution in [0.3, 0.4) is 0 Å². The van der Waals surface area contributed by atoms with Crippen LogP contribution < -0.4 is 19.8 Å². The molecule has 2 saturated carbocycles. The molecule has 0 bridgehead atoms. The van der Waals surface area contributed by atoms with Gasteiger partial charge in [-0.05, 0) is 87.3 Å². The summed E-state index contributed by atoms with van der Waals surface area (Å²) in [7, 11) is -1.92. The average Bonchev–Trinajstić information content (AvgIpc) is 3.91. The molecular weight excluding hydrogens is 611 g/mol. The number of nitrogens with one attached hydrogen (secondary N) is 2. The molecule has 47 heavy (non-hydrogen) atoms. The van der Waals surface area contributed by atoms with Gasteiger partial charge in [0.05, 0.1) is 10.6 Å². The maximum absolute atomic E-state index is 13.5. The number of piperazine rings is 1. The maximum Gasteiger partial charge on any atom is 0.249 e. The lowest BCUT2D eigenvalue weighted by atomic mass is 9.90. The Hall–Kier alpha value is -3.51. The summed E-state index contributed by atoms with van der Waals surface area (Å²) in [5.74, 6) is 2.23. The molecule has 2 aliphatic carbocycles.